The van der Waals surface area contributed by atoms with E-state index in [0.717, 1.165) is 44.8 Å². The molecule has 1 heterocycles. The van der Waals surface area contributed by atoms with Gasteiger partial charge in [0.2, 0.25) is 0 Å². The van der Waals surface area contributed by atoms with Crippen molar-refractivity contribution in [1.29, 1.82) is 0 Å². The second kappa shape index (κ2) is 9.00. The number of ether oxygens (including phenoxy) is 1. The minimum atomic E-state index is 0.562. The van der Waals surface area contributed by atoms with Gasteiger partial charge in [-0.25, -0.2) is 9.97 Å². The normalized spacial score (nSPS) is 11.1. The summed E-state index contributed by atoms with van der Waals surface area (Å²) < 4.78 is 5.58. The zero-order chi connectivity index (χ0) is 13.2. The summed E-state index contributed by atoms with van der Waals surface area (Å²) >= 11 is 0. The van der Waals surface area contributed by atoms with Crippen LogP contribution in [0, 0.1) is 6.92 Å². The van der Waals surface area contributed by atoms with Crippen LogP contribution in [0.2, 0.25) is 0 Å². The third-order valence-electron chi connectivity index (χ3n) is 2.61. The van der Waals surface area contributed by atoms with Crippen LogP contribution in [-0.4, -0.2) is 35.8 Å². The molecule has 0 aliphatic heterocycles. The standard InChI is InChI=1S/C14H25N3O/c1-12(2)15-7-5-9-18-8-4-6-14-10-16-13(3)17-11-14/h10-12,15H,4-9H2,1-3H3. The predicted molar refractivity (Wildman–Crippen MR) is 73.7 cm³/mol. The van der Waals surface area contributed by atoms with Gasteiger partial charge in [0.15, 0.2) is 0 Å². The van der Waals surface area contributed by atoms with Gasteiger partial charge in [0.1, 0.15) is 5.82 Å². The molecule has 1 aromatic rings. The van der Waals surface area contributed by atoms with Gasteiger partial charge in [0.05, 0.1) is 0 Å². The van der Waals surface area contributed by atoms with Gasteiger partial charge in [-0.05, 0) is 38.3 Å². The lowest BCUT2D eigenvalue weighted by molar-refractivity contribution is 0.129. The molecule has 1 rings (SSSR count). The SMILES string of the molecule is Cc1ncc(CCCOCCCNC(C)C)cn1. The topological polar surface area (TPSA) is 47.0 Å². The summed E-state index contributed by atoms with van der Waals surface area (Å²) in [4.78, 5) is 8.35. The lowest BCUT2D eigenvalue weighted by Crippen LogP contribution is -2.24. The van der Waals surface area contributed by atoms with Crippen LogP contribution in [0.1, 0.15) is 38.1 Å². The Hall–Kier alpha value is -1.00. The number of aryl methyl sites for hydroxylation is 2. The molecule has 0 spiro atoms. The van der Waals surface area contributed by atoms with Gasteiger partial charge in [0.25, 0.3) is 0 Å². The highest BCUT2D eigenvalue weighted by Gasteiger charge is 1.96. The van der Waals surface area contributed by atoms with Crippen LogP contribution in [0.5, 0.6) is 0 Å². The maximum Gasteiger partial charge on any atom is 0.125 e. The molecule has 0 unspecified atom stereocenters. The van der Waals surface area contributed by atoms with Gasteiger partial charge >= 0.3 is 0 Å². The van der Waals surface area contributed by atoms with Crippen molar-refractivity contribution in [2.45, 2.75) is 46.1 Å². The quantitative estimate of drug-likeness (QED) is 0.683. The summed E-state index contributed by atoms with van der Waals surface area (Å²) in [7, 11) is 0. The fourth-order valence-electron chi connectivity index (χ4n) is 1.59. The molecule has 0 aromatic carbocycles. The Morgan fingerprint density at radius 2 is 1.83 bits per heavy atom. The lowest BCUT2D eigenvalue weighted by atomic mass is 10.2. The molecule has 0 radical (unpaired) electrons. The molecule has 102 valence electrons. The van der Waals surface area contributed by atoms with Crippen LogP contribution < -0.4 is 5.32 Å². The highest BCUT2D eigenvalue weighted by Crippen LogP contribution is 2.00. The highest BCUT2D eigenvalue weighted by atomic mass is 16.5. The number of hydrogen-bond donors (Lipinski definition) is 1. The van der Waals surface area contributed by atoms with Crippen molar-refractivity contribution in [2.75, 3.05) is 19.8 Å². The average Bonchev–Trinajstić information content (AvgIpc) is 2.34. The number of hydrogen-bond acceptors (Lipinski definition) is 4. The van der Waals surface area contributed by atoms with E-state index in [4.69, 9.17) is 4.74 Å². The van der Waals surface area contributed by atoms with Crippen molar-refractivity contribution in [3.05, 3.63) is 23.8 Å². The van der Waals surface area contributed by atoms with Crippen molar-refractivity contribution in [2.24, 2.45) is 0 Å². The fourth-order valence-corrected chi connectivity index (χ4v) is 1.59. The van der Waals surface area contributed by atoms with Crippen molar-refractivity contribution < 1.29 is 4.74 Å². The van der Waals surface area contributed by atoms with Crippen molar-refractivity contribution in [1.82, 2.24) is 15.3 Å². The van der Waals surface area contributed by atoms with Gasteiger partial charge in [-0.2, -0.15) is 0 Å². The lowest BCUT2D eigenvalue weighted by Gasteiger charge is -2.08. The van der Waals surface area contributed by atoms with Crippen LogP contribution in [0.25, 0.3) is 0 Å². The van der Waals surface area contributed by atoms with Crippen molar-refractivity contribution in [3.63, 3.8) is 0 Å². The number of nitrogens with one attached hydrogen (secondary N) is 1. The first-order valence-electron chi connectivity index (χ1n) is 6.77. The van der Waals surface area contributed by atoms with E-state index in [9.17, 15) is 0 Å². The summed E-state index contributed by atoms with van der Waals surface area (Å²) in [6.07, 6.45) is 6.89. The first kappa shape index (κ1) is 15.1. The van der Waals surface area contributed by atoms with E-state index in [1.54, 1.807) is 0 Å². The third-order valence-corrected chi connectivity index (χ3v) is 2.61. The molecular weight excluding hydrogens is 226 g/mol. The monoisotopic (exact) mass is 251 g/mol. The van der Waals surface area contributed by atoms with Crippen LogP contribution in [-0.2, 0) is 11.2 Å². The first-order chi connectivity index (χ1) is 8.68. The smallest absolute Gasteiger partial charge is 0.125 e. The van der Waals surface area contributed by atoms with Gasteiger partial charge in [0, 0.05) is 31.6 Å². The van der Waals surface area contributed by atoms with E-state index in [-0.39, 0.29) is 0 Å². The molecule has 0 saturated heterocycles. The van der Waals surface area contributed by atoms with Gasteiger partial charge in [-0.3, -0.25) is 0 Å². The highest BCUT2D eigenvalue weighted by molar-refractivity contribution is 5.04. The van der Waals surface area contributed by atoms with Crippen LogP contribution in [0.3, 0.4) is 0 Å². The largest absolute Gasteiger partial charge is 0.381 e. The van der Waals surface area contributed by atoms with E-state index >= 15 is 0 Å². The first-order valence-corrected chi connectivity index (χ1v) is 6.77. The number of rotatable bonds is 9. The van der Waals surface area contributed by atoms with E-state index in [0.29, 0.717) is 6.04 Å². The molecule has 4 heteroatoms. The molecule has 0 saturated carbocycles. The van der Waals surface area contributed by atoms with Crippen LogP contribution >= 0.6 is 0 Å². The molecule has 0 fully saturated rings. The van der Waals surface area contributed by atoms with E-state index in [1.807, 2.05) is 19.3 Å². The van der Waals surface area contributed by atoms with Crippen molar-refractivity contribution in [3.8, 4) is 0 Å². The molecule has 1 N–H and O–H groups in total. The molecule has 4 nitrogen and oxygen atoms in total. The molecule has 0 atom stereocenters. The van der Waals surface area contributed by atoms with Crippen LogP contribution in [0.4, 0.5) is 0 Å². The van der Waals surface area contributed by atoms with E-state index in [2.05, 4.69) is 29.1 Å². The van der Waals surface area contributed by atoms with Gasteiger partial charge in [-0.1, -0.05) is 13.8 Å². The molecule has 0 amide bonds. The Morgan fingerprint density at radius 1 is 1.17 bits per heavy atom. The minimum Gasteiger partial charge on any atom is -0.381 e. The molecule has 0 bridgehead atoms. The maximum atomic E-state index is 5.58. The second-order valence-electron chi connectivity index (χ2n) is 4.82. The molecule has 0 aliphatic carbocycles. The third kappa shape index (κ3) is 7.35. The van der Waals surface area contributed by atoms with Crippen molar-refractivity contribution >= 4 is 0 Å². The van der Waals surface area contributed by atoms with Gasteiger partial charge < -0.3 is 10.1 Å². The van der Waals surface area contributed by atoms with Gasteiger partial charge in [-0.15, -0.1) is 0 Å². The summed E-state index contributed by atoms with van der Waals surface area (Å²) in [5.41, 5.74) is 1.19. The Balaban J connectivity index is 1.94. The van der Waals surface area contributed by atoms with E-state index < -0.39 is 0 Å². The minimum absolute atomic E-state index is 0.562. The molecule has 18 heavy (non-hydrogen) atoms. The number of aromatic nitrogens is 2. The molecule has 0 aliphatic rings. The van der Waals surface area contributed by atoms with Crippen LogP contribution in [0.15, 0.2) is 12.4 Å². The second-order valence-corrected chi connectivity index (χ2v) is 4.82. The zero-order valence-electron chi connectivity index (χ0n) is 11.8. The Kier molecular flexibility index (Phi) is 7.53. The summed E-state index contributed by atoms with van der Waals surface area (Å²) in [5, 5.41) is 3.37. The average molecular weight is 251 g/mol. The fraction of sp³-hybridized carbons (Fsp3) is 0.714. The summed E-state index contributed by atoms with van der Waals surface area (Å²) in [6, 6.07) is 0.562. The maximum absolute atomic E-state index is 5.58. The zero-order valence-corrected chi connectivity index (χ0v) is 11.8. The summed E-state index contributed by atoms with van der Waals surface area (Å²) in [5.74, 6) is 0.827. The summed E-state index contributed by atoms with van der Waals surface area (Å²) in [6.45, 7) is 8.90. The Morgan fingerprint density at radius 3 is 2.50 bits per heavy atom. The Labute approximate surface area is 110 Å². The van der Waals surface area contributed by atoms with E-state index in [1.165, 1.54) is 5.56 Å². The molecule has 1 aromatic heterocycles. The molecular formula is C14H25N3O. The predicted octanol–water partition coefficient (Wildman–Crippen LogP) is 2.12. The Bertz CT molecular complexity index is 311. The number of nitrogens with zero attached hydrogens (tertiary/aromatic N) is 2.